The van der Waals surface area contributed by atoms with Crippen molar-refractivity contribution in [2.75, 3.05) is 0 Å². The molecule has 0 saturated carbocycles. The van der Waals surface area contributed by atoms with Crippen LogP contribution in [0.2, 0.25) is 0 Å². The number of aromatic nitrogens is 1. The van der Waals surface area contributed by atoms with Gasteiger partial charge in [-0.2, -0.15) is 4.39 Å². The summed E-state index contributed by atoms with van der Waals surface area (Å²) in [4.78, 5) is 20.0. The van der Waals surface area contributed by atoms with Crippen LogP contribution in [-0.4, -0.2) is 21.2 Å². The third kappa shape index (κ3) is 2.25. The average molecular weight is 270 g/mol. The van der Waals surface area contributed by atoms with E-state index in [0.29, 0.717) is 6.07 Å². The van der Waals surface area contributed by atoms with E-state index >= 15 is 0 Å². The molecular weight excluding hydrogens is 266 g/mol. The molecule has 1 aromatic heterocycles. The van der Waals surface area contributed by atoms with Crippen LogP contribution in [0.15, 0.2) is 22.7 Å². The van der Waals surface area contributed by atoms with Crippen molar-refractivity contribution in [3.05, 3.63) is 45.7 Å². The Kier molecular flexibility index (Phi) is 2.95. The summed E-state index contributed by atoms with van der Waals surface area (Å²) in [6.07, 6.45) is 0. The molecule has 7 nitrogen and oxygen atoms in total. The van der Waals surface area contributed by atoms with Crippen molar-refractivity contribution in [2.45, 2.75) is 0 Å². The van der Waals surface area contributed by atoms with E-state index in [9.17, 15) is 23.7 Å². The fourth-order valence-electron chi connectivity index (χ4n) is 1.37. The molecule has 2 aromatic rings. The lowest BCUT2D eigenvalue weighted by Crippen LogP contribution is -1.96. The highest BCUT2D eigenvalue weighted by Crippen LogP contribution is 2.28. The number of carboxylic acid groups (broad SMARTS) is 1. The van der Waals surface area contributed by atoms with E-state index in [1.54, 1.807) is 0 Å². The molecule has 0 atom stereocenters. The van der Waals surface area contributed by atoms with Crippen molar-refractivity contribution in [1.29, 1.82) is 0 Å². The SMILES string of the molecule is O=C(O)c1cc(-c2cc(F)c(F)c([N+](=O)[O-])c2)no1. The van der Waals surface area contributed by atoms with Crippen LogP contribution in [0.3, 0.4) is 0 Å². The van der Waals surface area contributed by atoms with Gasteiger partial charge < -0.3 is 9.63 Å². The Labute approximate surface area is 103 Å². The van der Waals surface area contributed by atoms with Crippen LogP contribution in [0.25, 0.3) is 11.3 Å². The predicted molar refractivity (Wildman–Crippen MR) is 55.5 cm³/mol. The van der Waals surface area contributed by atoms with Crippen LogP contribution in [0.4, 0.5) is 14.5 Å². The third-order valence-electron chi connectivity index (χ3n) is 2.22. The monoisotopic (exact) mass is 270 g/mol. The van der Waals surface area contributed by atoms with E-state index in [1.165, 1.54) is 0 Å². The van der Waals surface area contributed by atoms with Gasteiger partial charge >= 0.3 is 11.7 Å². The molecule has 0 aliphatic heterocycles. The lowest BCUT2D eigenvalue weighted by atomic mass is 10.1. The van der Waals surface area contributed by atoms with E-state index in [1.807, 2.05) is 0 Å². The van der Waals surface area contributed by atoms with Crippen molar-refractivity contribution in [3.63, 3.8) is 0 Å². The summed E-state index contributed by atoms with van der Waals surface area (Å²) in [5.74, 6) is -4.97. The number of aromatic carboxylic acids is 1. The van der Waals surface area contributed by atoms with Crippen LogP contribution >= 0.6 is 0 Å². The molecule has 0 unspecified atom stereocenters. The number of hydrogen-bond donors (Lipinski definition) is 1. The molecule has 0 bridgehead atoms. The lowest BCUT2D eigenvalue weighted by molar-refractivity contribution is -0.387. The minimum Gasteiger partial charge on any atom is -0.475 e. The molecule has 1 aromatic carbocycles. The van der Waals surface area contributed by atoms with Gasteiger partial charge in [0.15, 0.2) is 5.82 Å². The van der Waals surface area contributed by atoms with E-state index in [2.05, 4.69) is 9.68 Å². The number of benzene rings is 1. The summed E-state index contributed by atoms with van der Waals surface area (Å²) in [7, 11) is 0. The van der Waals surface area contributed by atoms with Gasteiger partial charge in [-0.3, -0.25) is 10.1 Å². The van der Waals surface area contributed by atoms with Gasteiger partial charge in [0.1, 0.15) is 5.69 Å². The number of nitrogens with zero attached hydrogens (tertiary/aromatic N) is 2. The number of carbonyl (C=O) groups is 1. The zero-order chi connectivity index (χ0) is 14.2. The topological polar surface area (TPSA) is 106 Å². The maximum atomic E-state index is 13.2. The molecule has 0 aliphatic rings. The molecule has 0 radical (unpaired) electrons. The van der Waals surface area contributed by atoms with Gasteiger partial charge in [-0.1, -0.05) is 5.16 Å². The summed E-state index contributed by atoms with van der Waals surface area (Å²) < 4.78 is 30.7. The summed E-state index contributed by atoms with van der Waals surface area (Å²) in [5.41, 5.74) is -1.39. The van der Waals surface area contributed by atoms with E-state index in [4.69, 9.17) is 5.11 Å². The van der Waals surface area contributed by atoms with Crippen molar-refractivity contribution in [2.24, 2.45) is 0 Å². The standard InChI is InChI=1S/C10H4F2N2O5/c11-5-1-4(2-7(9(5)12)14(17)18)6-3-8(10(15)16)19-13-6/h1-3H,(H,15,16). The Morgan fingerprint density at radius 2 is 2.05 bits per heavy atom. The van der Waals surface area contributed by atoms with Gasteiger partial charge in [0.2, 0.25) is 11.6 Å². The Morgan fingerprint density at radius 3 is 2.58 bits per heavy atom. The van der Waals surface area contributed by atoms with Crippen molar-refractivity contribution < 1.29 is 28.1 Å². The lowest BCUT2D eigenvalue weighted by Gasteiger charge is -1.99. The number of carboxylic acids is 1. The van der Waals surface area contributed by atoms with Crippen molar-refractivity contribution in [3.8, 4) is 11.3 Å². The summed E-state index contributed by atoms with van der Waals surface area (Å²) in [5, 5.41) is 22.5. The van der Waals surface area contributed by atoms with Crippen LogP contribution in [0.1, 0.15) is 10.6 Å². The average Bonchev–Trinajstić information content (AvgIpc) is 2.81. The normalized spacial score (nSPS) is 10.4. The second kappa shape index (κ2) is 4.44. The van der Waals surface area contributed by atoms with Gasteiger partial charge in [-0.25, -0.2) is 9.18 Å². The highest BCUT2D eigenvalue weighted by molar-refractivity contribution is 5.85. The number of halogens is 2. The molecule has 9 heteroatoms. The van der Waals surface area contributed by atoms with Crippen LogP contribution in [0, 0.1) is 21.7 Å². The molecule has 1 heterocycles. The number of nitro groups is 1. The fraction of sp³-hybridized carbons (Fsp3) is 0. The second-order valence-corrected chi connectivity index (χ2v) is 3.43. The molecule has 0 aliphatic carbocycles. The Hall–Kier alpha value is -2.84. The summed E-state index contributed by atoms with van der Waals surface area (Å²) in [6.45, 7) is 0. The summed E-state index contributed by atoms with van der Waals surface area (Å²) >= 11 is 0. The molecule has 0 fully saturated rings. The minimum absolute atomic E-state index is 0.153. The first kappa shape index (κ1) is 12.6. The molecule has 1 N–H and O–H groups in total. The van der Waals surface area contributed by atoms with Crippen molar-refractivity contribution in [1.82, 2.24) is 5.16 Å². The maximum Gasteiger partial charge on any atom is 0.374 e. The molecule has 2 rings (SSSR count). The van der Waals surface area contributed by atoms with Crippen LogP contribution < -0.4 is 0 Å². The van der Waals surface area contributed by atoms with Crippen LogP contribution in [-0.2, 0) is 0 Å². The van der Waals surface area contributed by atoms with E-state index in [0.717, 1.165) is 12.1 Å². The molecular formula is C10H4F2N2O5. The second-order valence-electron chi connectivity index (χ2n) is 3.43. The molecule has 0 spiro atoms. The zero-order valence-corrected chi connectivity index (χ0v) is 8.96. The fourth-order valence-corrected chi connectivity index (χ4v) is 1.37. The number of nitro benzene ring substituents is 1. The van der Waals surface area contributed by atoms with Gasteiger partial charge in [0.25, 0.3) is 0 Å². The maximum absolute atomic E-state index is 13.2. The molecule has 98 valence electrons. The van der Waals surface area contributed by atoms with Gasteiger partial charge in [-0.15, -0.1) is 0 Å². The predicted octanol–water partition coefficient (Wildman–Crippen LogP) is 2.23. The molecule has 0 amide bonds. The van der Waals surface area contributed by atoms with Crippen LogP contribution in [0.5, 0.6) is 0 Å². The first-order valence-corrected chi connectivity index (χ1v) is 4.74. The Bertz CT molecular complexity index is 683. The van der Waals surface area contributed by atoms with Crippen molar-refractivity contribution >= 4 is 11.7 Å². The van der Waals surface area contributed by atoms with E-state index < -0.39 is 34.0 Å². The Morgan fingerprint density at radius 1 is 1.37 bits per heavy atom. The third-order valence-corrected chi connectivity index (χ3v) is 2.22. The largest absolute Gasteiger partial charge is 0.475 e. The quantitative estimate of drug-likeness (QED) is 0.676. The Balaban J connectivity index is 2.56. The highest BCUT2D eigenvalue weighted by atomic mass is 19.2. The minimum atomic E-state index is -1.60. The first-order valence-electron chi connectivity index (χ1n) is 4.74. The number of rotatable bonds is 3. The summed E-state index contributed by atoms with van der Waals surface area (Å²) in [6, 6.07) is 2.34. The van der Waals surface area contributed by atoms with Gasteiger partial charge in [0, 0.05) is 17.7 Å². The van der Waals surface area contributed by atoms with Gasteiger partial charge in [-0.05, 0) is 6.07 Å². The number of hydrogen-bond acceptors (Lipinski definition) is 5. The smallest absolute Gasteiger partial charge is 0.374 e. The first-order chi connectivity index (χ1) is 8.90. The zero-order valence-electron chi connectivity index (χ0n) is 8.96. The molecule has 0 saturated heterocycles. The highest BCUT2D eigenvalue weighted by Gasteiger charge is 2.22. The molecule has 19 heavy (non-hydrogen) atoms. The van der Waals surface area contributed by atoms with E-state index in [-0.39, 0.29) is 11.3 Å². The van der Waals surface area contributed by atoms with Gasteiger partial charge in [0.05, 0.1) is 4.92 Å².